The lowest BCUT2D eigenvalue weighted by Gasteiger charge is -2.40. The van der Waals surface area contributed by atoms with Crippen LogP contribution in [0.3, 0.4) is 0 Å². The number of carbonyl (C=O) groups excluding carboxylic acids is 1. The first-order chi connectivity index (χ1) is 13.7. The Morgan fingerprint density at radius 2 is 1.90 bits per heavy atom. The number of fused-ring (bicyclic) bond motifs is 1. The number of aryl methyl sites for hydroxylation is 1. The Morgan fingerprint density at radius 3 is 2.52 bits per heavy atom. The number of allylic oxidation sites excluding steroid dienone is 1. The van der Waals surface area contributed by atoms with Crippen LogP contribution in [0.15, 0.2) is 54.1 Å². The van der Waals surface area contributed by atoms with Gasteiger partial charge in [0, 0.05) is 24.0 Å². The number of rotatable bonds is 4. The topological polar surface area (TPSA) is 56.1 Å². The zero-order valence-electron chi connectivity index (χ0n) is 17.7. The molecule has 1 amide bonds. The second-order valence-electron chi connectivity index (χ2n) is 7.99. The smallest absolute Gasteiger partial charge is 0.266 e. The van der Waals surface area contributed by atoms with Crippen LogP contribution >= 0.6 is 0 Å². The van der Waals surface area contributed by atoms with E-state index in [1.807, 2.05) is 42.5 Å². The summed E-state index contributed by atoms with van der Waals surface area (Å²) < 4.78 is 0. The summed E-state index contributed by atoms with van der Waals surface area (Å²) in [7, 11) is 2.08. The largest absolute Gasteiger partial charge is 0.366 e. The molecule has 4 heteroatoms. The number of nitriles is 1. The number of anilines is 2. The number of carbonyl (C=O) groups is 1. The maximum absolute atomic E-state index is 12.6. The van der Waals surface area contributed by atoms with Gasteiger partial charge >= 0.3 is 0 Å². The maximum Gasteiger partial charge on any atom is 0.266 e. The zero-order valence-corrected chi connectivity index (χ0v) is 17.7. The lowest BCUT2D eigenvalue weighted by molar-refractivity contribution is -0.112. The van der Waals surface area contributed by atoms with Crippen molar-refractivity contribution in [2.45, 2.75) is 39.7 Å². The van der Waals surface area contributed by atoms with E-state index >= 15 is 0 Å². The van der Waals surface area contributed by atoms with E-state index in [-0.39, 0.29) is 11.1 Å². The summed E-state index contributed by atoms with van der Waals surface area (Å²) >= 11 is 0. The quantitative estimate of drug-likeness (QED) is 0.564. The first kappa shape index (κ1) is 20.4. The molecule has 4 nitrogen and oxygen atoms in total. The van der Waals surface area contributed by atoms with Crippen LogP contribution in [0.25, 0.3) is 11.6 Å². The van der Waals surface area contributed by atoms with E-state index in [1.54, 1.807) is 6.08 Å². The van der Waals surface area contributed by atoms with Crippen molar-refractivity contribution in [2.24, 2.45) is 0 Å². The molecule has 2 aromatic rings. The van der Waals surface area contributed by atoms with Crippen LogP contribution in [0.4, 0.5) is 11.4 Å². The predicted octanol–water partition coefficient (Wildman–Crippen LogP) is 5.43. The number of likely N-dealkylation sites (N-methyl/N-ethyl adjacent to an activating group) is 1. The Bertz CT molecular complexity index is 1040. The maximum atomic E-state index is 12.6. The lowest BCUT2D eigenvalue weighted by atomic mass is 9.88. The van der Waals surface area contributed by atoms with Crippen molar-refractivity contribution in [2.75, 3.05) is 17.3 Å². The van der Waals surface area contributed by atoms with Gasteiger partial charge in [-0.2, -0.15) is 5.26 Å². The Morgan fingerprint density at radius 1 is 1.21 bits per heavy atom. The van der Waals surface area contributed by atoms with Crippen molar-refractivity contribution < 1.29 is 4.79 Å². The predicted molar refractivity (Wildman–Crippen MR) is 121 cm³/mol. The molecule has 29 heavy (non-hydrogen) atoms. The van der Waals surface area contributed by atoms with Gasteiger partial charge in [-0.1, -0.05) is 31.2 Å². The summed E-state index contributed by atoms with van der Waals surface area (Å²) in [6, 6.07) is 15.7. The normalized spacial score (nSPS) is 15.2. The van der Waals surface area contributed by atoms with E-state index in [9.17, 15) is 10.1 Å². The van der Waals surface area contributed by atoms with Crippen LogP contribution in [-0.2, 0) is 11.2 Å². The zero-order chi connectivity index (χ0) is 21.2. The van der Waals surface area contributed by atoms with E-state index in [2.05, 4.69) is 57.1 Å². The van der Waals surface area contributed by atoms with E-state index in [0.29, 0.717) is 5.69 Å². The highest BCUT2D eigenvalue weighted by atomic mass is 16.1. The average Bonchev–Trinajstić information content (AvgIpc) is 2.70. The molecule has 0 saturated carbocycles. The van der Waals surface area contributed by atoms with Crippen molar-refractivity contribution >= 4 is 28.9 Å². The molecular weight excluding hydrogens is 358 g/mol. The van der Waals surface area contributed by atoms with Crippen molar-refractivity contribution in [1.29, 1.82) is 5.26 Å². The molecule has 1 aliphatic heterocycles. The fourth-order valence-electron chi connectivity index (χ4n) is 3.60. The Labute approximate surface area is 173 Å². The molecule has 0 saturated heterocycles. The number of hydrogen-bond donors (Lipinski definition) is 1. The molecule has 0 spiro atoms. The number of hydrogen-bond acceptors (Lipinski definition) is 3. The minimum atomic E-state index is -0.403. The summed E-state index contributed by atoms with van der Waals surface area (Å²) in [5.41, 5.74) is 6.19. The molecular formula is C25H27N3O. The standard InChI is InChI=1S/C25H27N3O/c1-6-18-7-10-21(11-8-18)27-24(29)20(16-26)13-19-9-12-23-22(14-19)17(2)15-25(3,4)28(23)5/h7-15H,6H2,1-5H3,(H,27,29)/b20-13-. The molecule has 0 aromatic heterocycles. The van der Waals surface area contributed by atoms with E-state index in [0.717, 1.165) is 23.2 Å². The molecule has 3 rings (SSSR count). The van der Waals surface area contributed by atoms with Crippen LogP contribution in [0.2, 0.25) is 0 Å². The molecule has 0 unspecified atom stereocenters. The van der Waals surface area contributed by atoms with Gasteiger partial charge in [0.1, 0.15) is 11.6 Å². The van der Waals surface area contributed by atoms with Gasteiger partial charge in [0.15, 0.2) is 0 Å². The fourth-order valence-corrected chi connectivity index (χ4v) is 3.60. The van der Waals surface area contributed by atoms with Crippen molar-refractivity contribution in [3.8, 4) is 6.07 Å². The molecule has 1 aliphatic rings. The number of benzene rings is 2. The van der Waals surface area contributed by atoms with Gasteiger partial charge in [-0.05, 0) is 74.2 Å². The van der Waals surface area contributed by atoms with Gasteiger partial charge in [-0.3, -0.25) is 4.79 Å². The molecule has 0 aliphatic carbocycles. The highest BCUT2D eigenvalue weighted by Gasteiger charge is 2.28. The highest BCUT2D eigenvalue weighted by molar-refractivity contribution is 6.09. The third-order valence-electron chi connectivity index (χ3n) is 5.54. The van der Waals surface area contributed by atoms with Crippen molar-refractivity contribution in [3.63, 3.8) is 0 Å². The first-order valence-corrected chi connectivity index (χ1v) is 9.85. The van der Waals surface area contributed by atoms with Crippen molar-refractivity contribution in [1.82, 2.24) is 0 Å². The van der Waals surface area contributed by atoms with Gasteiger partial charge < -0.3 is 10.2 Å². The molecule has 2 aromatic carbocycles. The summed E-state index contributed by atoms with van der Waals surface area (Å²) in [6.45, 7) is 8.54. The van der Waals surface area contributed by atoms with E-state index in [4.69, 9.17) is 0 Å². The van der Waals surface area contributed by atoms with Gasteiger partial charge in [0.25, 0.3) is 5.91 Å². The van der Waals surface area contributed by atoms with Crippen LogP contribution < -0.4 is 10.2 Å². The lowest BCUT2D eigenvalue weighted by Crippen LogP contribution is -2.42. The third-order valence-corrected chi connectivity index (χ3v) is 5.54. The van der Waals surface area contributed by atoms with Crippen LogP contribution in [0.5, 0.6) is 0 Å². The van der Waals surface area contributed by atoms with Gasteiger partial charge in [-0.15, -0.1) is 0 Å². The molecule has 1 N–H and O–H groups in total. The van der Waals surface area contributed by atoms with Crippen LogP contribution in [0.1, 0.15) is 44.4 Å². The SMILES string of the molecule is CCc1ccc(NC(=O)/C(C#N)=C\c2ccc3c(c2)C(C)=CC(C)(C)N3C)cc1. The third kappa shape index (κ3) is 4.25. The average molecular weight is 386 g/mol. The second-order valence-corrected chi connectivity index (χ2v) is 7.99. The monoisotopic (exact) mass is 385 g/mol. The number of amides is 1. The summed E-state index contributed by atoms with van der Waals surface area (Å²) in [5.74, 6) is -0.403. The molecule has 1 heterocycles. The number of nitrogens with one attached hydrogen (secondary N) is 1. The fraction of sp³-hybridized carbons (Fsp3) is 0.280. The highest BCUT2D eigenvalue weighted by Crippen LogP contribution is 2.38. The Hall–Kier alpha value is -3.32. The summed E-state index contributed by atoms with van der Waals surface area (Å²) in [6.07, 6.45) is 4.82. The molecule has 0 fully saturated rings. The van der Waals surface area contributed by atoms with Crippen LogP contribution in [-0.4, -0.2) is 18.5 Å². The van der Waals surface area contributed by atoms with Crippen molar-refractivity contribution in [3.05, 3.63) is 70.8 Å². The van der Waals surface area contributed by atoms with Gasteiger partial charge in [-0.25, -0.2) is 0 Å². The summed E-state index contributed by atoms with van der Waals surface area (Å²) in [5, 5.41) is 12.3. The Balaban J connectivity index is 1.87. The first-order valence-electron chi connectivity index (χ1n) is 9.85. The van der Waals surface area contributed by atoms with E-state index < -0.39 is 5.91 Å². The Kier molecular flexibility index (Phi) is 5.61. The molecule has 0 bridgehead atoms. The summed E-state index contributed by atoms with van der Waals surface area (Å²) in [4.78, 5) is 14.8. The van der Waals surface area contributed by atoms with Crippen LogP contribution in [0, 0.1) is 11.3 Å². The number of nitrogens with zero attached hydrogens (tertiary/aromatic N) is 2. The second kappa shape index (κ2) is 7.97. The molecule has 0 atom stereocenters. The molecule has 0 radical (unpaired) electrons. The minimum Gasteiger partial charge on any atom is -0.366 e. The minimum absolute atomic E-state index is 0.0561. The van der Waals surface area contributed by atoms with Gasteiger partial charge in [0.05, 0.1) is 5.54 Å². The van der Waals surface area contributed by atoms with E-state index in [1.165, 1.54) is 11.1 Å². The molecule has 148 valence electrons. The van der Waals surface area contributed by atoms with Gasteiger partial charge in [0.2, 0.25) is 0 Å².